The molecule has 1 amide bonds. The molecule has 3 aliphatic carbocycles. The molecule has 0 aromatic rings. The van der Waals surface area contributed by atoms with Gasteiger partial charge in [0.15, 0.2) is 0 Å². The van der Waals surface area contributed by atoms with E-state index in [0.717, 1.165) is 19.3 Å². The first-order chi connectivity index (χ1) is 7.31. The van der Waals surface area contributed by atoms with E-state index in [9.17, 15) is 9.59 Å². The van der Waals surface area contributed by atoms with Crippen LogP contribution in [-0.4, -0.2) is 17.7 Å². The molecule has 0 aliphatic heterocycles. The average molecular weight is 227 g/mol. The summed E-state index contributed by atoms with van der Waals surface area (Å²) < 4.78 is 4.94. The predicted molar refractivity (Wildman–Crippen MR) is 55.2 cm³/mol. The maximum Gasteiger partial charge on any atom is 0.441 e. The van der Waals surface area contributed by atoms with Gasteiger partial charge in [0.05, 0.1) is 5.41 Å². The van der Waals surface area contributed by atoms with Gasteiger partial charge in [0.2, 0.25) is 0 Å². The molecular formula is C11H17NO4. The van der Waals surface area contributed by atoms with Crippen LogP contribution in [0.4, 0.5) is 4.79 Å². The Morgan fingerprint density at radius 3 is 2.19 bits per heavy atom. The van der Waals surface area contributed by atoms with Crippen molar-refractivity contribution < 1.29 is 19.2 Å². The van der Waals surface area contributed by atoms with Crippen LogP contribution in [0.1, 0.15) is 40.0 Å². The van der Waals surface area contributed by atoms with Crippen molar-refractivity contribution >= 4 is 12.1 Å². The zero-order valence-electron chi connectivity index (χ0n) is 9.83. The average Bonchev–Trinajstić information content (AvgIpc) is 1.91. The Kier molecular flexibility index (Phi) is 2.36. The van der Waals surface area contributed by atoms with Gasteiger partial charge in [-0.2, -0.15) is 0 Å². The summed E-state index contributed by atoms with van der Waals surface area (Å²) in [7, 11) is 0. The van der Waals surface area contributed by atoms with Crippen molar-refractivity contribution in [2.24, 2.45) is 11.3 Å². The minimum Gasteiger partial charge on any atom is -0.442 e. The van der Waals surface area contributed by atoms with Crippen molar-refractivity contribution in [3.63, 3.8) is 0 Å². The van der Waals surface area contributed by atoms with Gasteiger partial charge in [0.25, 0.3) is 0 Å². The number of amides is 1. The highest BCUT2D eigenvalue weighted by Gasteiger charge is 2.63. The molecule has 2 bridgehead atoms. The summed E-state index contributed by atoms with van der Waals surface area (Å²) in [4.78, 5) is 27.5. The monoisotopic (exact) mass is 227 g/mol. The second-order valence-electron chi connectivity index (χ2n) is 5.75. The minimum atomic E-state index is -0.729. The summed E-state index contributed by atoms with van der Waals surface area (Å²) in [5.41, 5.74) is 1.14. The van der Waals surface area contributed by atoms with E-state index in [-0.39, 0.29) is 11.4 Å². The van der Waals surface area contributed by atoms with Crippen molar-refractivity contribution in [3.05, 3.63) is 0 Å². The molecule has 3 saturated carbocycles. The van der Waals surface area contributed by atoms with Crippen LogP contribution in [0.2, 0.25) is 0 Å². The zero-order chi connectivity index (χ0) is 12.0. The molecule has 3 aliphatic rings. The van der Waals surface area contributed by atoms with Gasteiger partial charge in [-0.25, -0.2) is 9.59 Å². The van der Waals surface area contributed by atoms with Gasteiger partial charge in [-0.3, -0.25) is 0 Å². The summed E-state index contributed by atoms with van der Waals surface area (Å²) in [6, 6.07) is 0. The third kappa shape index (κ3) is 1.99. The Bertz CT molecular complexity index is 314. The molecular weight excluding hydrogens is 210 g/mol. The first-order valence-electron chi connectivity index (χ1n) is 5.51. The Labute approximate surface area is 94.4 Å². The molecule has 0 aromatic heterocycles. The van der Waals surface area contributed by atoms with Gasteiger partial charge in [0.1, 0.15) is 5.60 Å². The molecule has 0 spiro atoms. The van der Waals surface area contributed by atoms with Gasteiger partial charge in [-0.1, -0.05) is 0 Å². The van der Waals surface area contributed by atoms with E-state index in [1.54, 1.807) is 20.8 Å². The maximum atomic E-state index is 11.6. The SMILES string of the molecule is CC(C)(C)OC(=O)NOC(=O)C12CC(C1)C2. The maximum absolute atomic E-state index is 11.6. The van der Waals surface area contributed by atoms with E-state index in [4.69, 9.17) is 9.57 Å². The number of rotatable bonds is 1. The van der Waals surface area contributed by atoms with Crippen molar-refractivity contribution in [1.82, 2.24) is 5.48 Å². The predicted octanol–water partition coefficient (Wildman–Crippen LogP) is 1.77. The highest BCUT2D eigenvalue weighted by Crippen LogP contribution is 2.64. The summed E-state index contributed by atoms with van der Waals surface area (Å²) in [5, 5.41) is 0. The first kappa shape index (κ1) is 11.2. The van der Waals surface area contributed by atoms with Crippen LogP contribution in [0.5, 0.6) is 0 Å². The molecule has 0 unspecified atom stereocenters. The first-order valence-corrected chi connectivity index (χ1v) is 5.51. The highest BCUT2D eigenvalue weighted by atomic mass is 16.7. The lowest BCUT2D eigenvalue weighted by Crippen LogP contribution is -2.58. The van der Waals surface area contributed by atoms with Crippen molar-refractivity contribution in [3.8, 4) is 0 Å². The number of carbonyl (C=O) groups is 2. The number of hydrogen-bond donors (Lipinski definition) is 1. The standard InChI is InChI=1S/C11H17NO4/c1-10(2,3)15-9(14)12-16-8(13)11-4-7(5-11)6-11/h7H,4-6H2,1-3H3,(H,12,14). The molecule has 3 fully saturated rings. The highest BCUT2D eigenvalue weighted by molar-refractivity contribution is 5.81. The fourth-order valence-electron chi connectivity index (χ4n) is 2.22. The van der Waals surface area contributed by atoms with Crippen LogP contribution in [0, 0.1) is 11.3 Å². The van der Waals surface area contributed by atoms with Gasteiger partial charge in [-0.15, -0.1) is 5.48 Å². The molecule has 0 heterocycles. The molecule has 0 aromatic carbocycles. The smallest absolute Gasteiger partial charge is 0.441 e. The van der Waals surface area contributed by atoms with Crippen molar-refractivity contribution in [2.75, 3.05) is 0 Å². The molecule has 90 valence electrons. The third-order valence-electron chi connectivity index (χ3n) is 3.10. The topological polar surface area (TPSA) is 64.6 Å². The van der Waals surface area contributed by atoms with Crippen LogP contribution in [-0.2, 0) is 14.4 Å². The van der Waals surface area contributed by atoms with E-state index in [2.05, 4.69) is 0 Å². The number of ether oxygens (including phenoxy) is 1. The molecule has 16 heavy (non-hydrogen) atoms. The number of carbonyl (C=O) groups excluding carboxylic acids is 2. The fourth-order valence-corrected chi connectivity index (χ4v) is 2.22. The molecule has 5 heteroatoms. The van der Waals surface area contributed by atoms with Crippen molar-refractivity contribution in [2.45, 2.75) is 45.6 Å². The molecule has 1 N–H and O–H groups in total. The van der Waals surface area contributed by atoms with E-state index in [1.807, 2.05) is 5.48 Å². The summed E-state index contributed by atoms with van der Waals surface area (Å²) in [5.74, 6) is 0.370. The lowest BCUT2D eigenvalue weighted by molar-refractivity contribution is -0.197. The van der Waals surface area contributed by atoms with Gasteiger partial charge in [-0.05, 0) is 46.0 Å². The normalized spacial score (nSPS) is 30.8. The fraction of sp³-hybridized carbons (Fsp3) is 0.818. The molecule has 0 atom stereocenters. The van der Waals surface area contributed by atoms with Crippen LogP contribution in [0.3, 0.4) is 0 Å². The number of hydroxylamine groups is 1. The zero-order valence-corrected chi connectivity index (χ0v) is 9.83. The van der Waals surface area contributed by atoms with Gasteiger partial charge >= 0.3 is 12.1 Å². The molecule has 3 rings (SSSR count). The molecule has 0 radical (unpaired) electrons. The largest absolute Gasteiger partial charge is 0.442 e. The molecule has 5 nitrogen and oxygen atoms in total. The van der Waals surface area contributed by atoms with Gasteiger partial charge < -0.3 is 9.57 Å². The Morgan fingerprint density at radius 2 is 1.81 bits per heavy atom. The van der Waals surface area contributed by atoms with E-state index >= 15 is 0 Å². The summed E-state index contributed by atoms with van der Waals surface area (Å²) in [6.07, 6.45) is 1.98. The lowest BCUT2D eigenvalue weighted by atomic mass is 9.44. The van der Waals surface area contributed by atoms with E-state index < -0.39 is 11.7 Å². The van der Waals surface area contributed by atoms with E-state index in [1.165, 1.54) is 0 Å². The van der Waals surface area contributed by atoms with Crippen LogP contribution >= 0.6 is 0 Å². The Morgan fingerprint density at radius 1 is 1.25 bits per heavy atom. The van der Waals surface area contributed by atoms with Crippen molar-refractivity contribution in [1.29, 1.82) is 0 Å². The number of nitrogens with one attached hydrogen (secondary N) is 1. The Balaban J connectivity index is 1.71. The minimum absolute atomic E-state index is 0.292. The second-order valence-corrected chi connectivity index (χ2v) is 5.75. The lowest BCUT2D eigenvalue weighted by Gasteiger charge is -2.58. The Hall–Kier alpha value is -1.26. The van der Waals surface area contributed by atoms with E-state index in [0.29, 0.717) is 5.92 Å². The van der Waals surface area contributed by atoms with Crippen LogP contribution < -0.4 is 5.48 Å². The van der Waals surface area contributed by atoms with Crippen LogP contribution in [0.25, 0.3) is 0 Å². The second kappa shape index (κ2) is 3.37. The molecule has 0 saturated heterocycles. The van der Waals surface area contributed by atoms with Crippen LogP contribution in [0.15, 0.2) is 0 Å². The third-order valence-corrected chi connectivity index (χ3v) is 3.10. The van der Waals surface area contributed by atoms with Gasteiger partial charge in [0, 0.05) is 0 Å². The summed E-state index contributed by atoms with van der Waals surface area (Å²) in [6.45, 7) is 5.24. The summed E-state index contributed by atoms with van der Waals surface area (Å²) >= 11 is 0. The quantitative estimate of drug-likeness (QED) is 0.693. The number of hydrogen-bond acceptors (Lipinski definition) is 4.